The molecule has 3 rings (SSSR count). The van der Waals surface area contributed by atoms with Gasteiger partial charge in [0.05, 0.1) is 25.3 Å². The molecule has 0 aliphatic carbocycles. The molecule has 0 spiro atoms. The molecule has 1 atom stereocenters. The van der Waals surface area contributed by atoms with Crippen molar-refractivity contribution in [2.75, 3.05) is 39.9 Å². The van der Waals surface area contributed by atoms with Gasteiger partial charge in [0.1, 0.15) is 17.3 Å². The van der Waals surface area contributed by atoms with E-state index in [1.165, 1.54) is 0 Å². The minimum Gasteiger partial charge on any atom is -0.507 e. The number of carbonyl (C=O) groups is 2. The lowest BCUT2D eigenvalue weighted by atomic mass is 9.95. The third-order valence-corrected chi connectivity index (χ3v) is 5.94. The molecule has 1 N–H and O–H groups in total. The predicted molar refractivity (Wildman–Crippen MR) is 127 cm³/mol. The summed E-state index contributed by atoms with van der Waals surface area (Å²) in [6.45, 7) is 9.16. The summed E-state index contributed by atoms with van der Waals surface area (Å²) in [6.07, 6.45) is 0. The fourth-order valence-electron chi connectivity index (χ4n) is 4.09. The monoisotopic (exact) mass is 452 g/mol. The van der Waals surface area contributed by atoms with Crippen LogP contribution in [0.15, 0.2) is 54.1 Å². The maximum absolute atomic E-state index is 13.2. The molecule has 1 heterocycles. The van der Waals surface area contributed by atoms with Crippen LogP contribution in [-0.4, -0.2) is 66.5 Å². The third kappa shape index (κ3) is 5.20. The van der Waals surface area contributed by atoms with Crippen LogP contribution in [-0.2, 0) is 9.59 Å². The molecule has 0 bridgehead atoms. The Hall–Kier alpha value is -3.32. The van der Waals surface area contributed by atoms with E-state index >= 15 is 0 Å². The largest absolute Gasteiger partial charge is 0.507 e. The summed E-state index contributed by atoms with van der Waals surface area (Å²) in [4.78, 5) is 30.0. The maximum atomic E-state index is 13.2. The molecular weight excluding hydrogens is 420 g/mol. The molecule has 2 aromatic rings. The van der Waals surface area contributed by atoms with E-state index in [0.29, 0.717) is 36.8 Å². The van der Waals surface area contributed by atoms with Crippen molar-refractivity contribution in [1.82, 2.24) is 9.80 Å². The minimum absolute atomic E-state index is 0.0818. The molecule has 1 aliphatic rings. The van der Waals surface area contributed by atoms with Crippen molar-refractivity contribution in [2.45, 2.75) is 26.8 Å². The predicted octanol–water partition coefficient (Wildman–Crippen LogP) is 3.86. The molecule has 1 unspecified atom stereocenters. The van der Waals surface area contributed by atoms with Crippen LogP contribution in [0.4, 0.5) is 0 Å². The summed E-state index contributed by atoms with van der Waals surface area (Å²) in [7, 11) is 1.58. The Kier molecular flexibility index (Phi) is 8.11. The van der Waals surface area contributed by atoms with Gasteiger partial charge in [0.2, 0.25) is 0 Å². The van der Waals surface area contributed by atoms with Crippen molar-refractivity contribution >= 4 is 17.4 Å². The number of benzene rings is 2. The van der Waals surface area contributed by atoms with Crippen molar-refractivity contribution in [3.63, 3.8) is 0 Å². The van der Waals surface area contributed by atoms with E-state index in [-0.39, 0.29) is 11.3 Å². The van der Waals surface area contributed by atoms with E-state index < -0.39 is 17.7 Å². The van der Waals surface area contributed by atoms with Crippen LogP contribution in [0.1, 0.15) is 37.9 Å². The maximum Gasteiger partial charge on any atom is 0.295 e. The number of hydrogen-bond acceptors (Lipinski definition) is 6. The molecule has 0 saturated carbocycles. The summed E-state index contributed by atoms with van der Waals surface area (Å²) in [5, 5.41) is 11.2. The Morgan fingerprint density at radius 3 is 2.33 bits per heavy atom. The average Bonchev–Trinajstić information content (AvgIpc) is 3.09. The zero-order valence-corrected chi connectivity index (χ0v) is 19.7. The van der Waals surface area contributed by atoms with Gasteiger partial charge in [-0.2, -0.15) is 0 Å². The molecule has 1 aliphatic heterocycles. The van der Waals surface area contributed by atoms with Crippen LogP contribution < -0.4 is 9.47 Å². The van der Waals surface area contributed by atoms with Gasteiger partial charge in [-0.15, -0.1) is 0 Å². The van der Waals surface area contributed by atoms with Gasteiger partial charge in [0, 0.05) is 18.7 Å². The Balaban J connectivity index is 2.09. The highest BCUT2D eigenvalue weighted by Gasteiger charge is 2.46. The number of ether oxygens (including phenoxy) is 2. The number of likely N-dealkylation sites (N-methyl/N-ethyl adjacent to an activating group) is 1. The van der Waals surface area contributed by atoms with E-state index in [1.54, 1.807) is 48.4 Å². The SMILES string of the molecule is CCOc1cccc(C(O)=C2C(=O)C(=O)N(CCN(CC)CC)C2c2ccc(OC)cc2)c1. The van der Waals surface area contributed by atoms with Crippen molar-refractivity contribution in [2.24, 2.45) is 0 Å². The number of methoxy groups -OCH3 is 1. The lowest BCUT2D eigenvalue weighted by Crippen LogP contribution is -2.38. The molecule has 2 aromatic carbocycles. The van der Waals surface area contributed by atoms with E-state index in [0.717, 1.165) is 18.7 Å². The first kappa shape index (κ1) is 24.3. The summed E-state index contributed by atoms with van der Waals surface area (Å²) in [5.41, 5.74) is 1.25. The Bertz CT molecular complexity index is 1010. The number of nitrogens with zero attached hydrogens (tertiary/aromatic N) is 2. The summed E-state index contributed by atoms with van der Waals surface area (Å²) in [5.74, 6) is -0.247. The summed E-state index contributed by atoms with van der Waals surface area (Å²) >= 11 is 0. The smallest absolute Gasteiger partial charge is 0.295 e. The van der Waals surface area contributed by atoms with Gasteiger partial charge < -0.3 is 24.4 Å². The van der Waals surface area contributed by atoms with Crippen LogP contribution in [0.3, 0.4) is 0 Å². The van der Waals surface area contributed by atoms with Crippen molar-refractivity contribution in [1.29, 1.82) is 0 Å². The number of Topliss-reactive ketones (excluding diaryl/α,β-unsaturated/α-hetero) is 1. The molecular formula is C26H32N2O5. The summed E-state index contributed by atoms with van der Waals surface area (Å²) in [6, 6.07) is 13.4. The molecule has 7 heteroatoms. The van der Waals surface area contributed by atoms with E-state index in [4.69, 9.17) is 9.47 Å². The van der Waals surface area contributed by atoms with Gasteiger partial charge in [-0.05, 0) is 49.8 Å². The van der Waals surface area contributed by atoms with Gasteiger partial charge >= 0.3 is 0 Å². The number of aliphatic hydroxyl groups is 1. The molecule has 33 heavy (non-hydrogen) atoms. The lowest BCUT2D eigenvalue weighted by molar-refractivity contribution is -0.140. The van der Waals surface area contributed by atoms with Crippen LogP contribution in [0.2, 0.25) is 0 Å². The van der Waals surface area contributed by atoms with E-state index in [1.807, 2.05) is 19.1 Å². The van der Waals surface area contributed by atoms with Gasteiger partial charge in [-0.25, -0.2) is 0 Å². The Morgan fingerprint density at radius 1 is 1.03 bits per heavy atom. The quantitative estimate of drug-likeness (QED) is 0.335. The van der Waals surface area contributed by atoms with Crippen molar-refractivity contribution in [3.05, 3.63) is 65.2 Å². The highest BCUT2D eigenvalue weighted by atomic mass is 16.5. The van der Waals surface area contributed by atoms with Crippen LogP contribution in [0.25, 0.3) is 5.76 Å². The van der Waals surface area contributed by atoms with Gasteiger partial charge in [-0.1, -0.05) is 38.1 Å². The van der Waals surface area contributed by atoms with E-state index in [2.05, 4.69) is 18.7 Å². The van der Waals surface area contributed by atoms with Crippen LogP contribution in [0.5, 0.6) is 11.5 Å². The number of ketones is 1. The molecule has 7 nitrogen and oxygen atoms in total. The molecule has 176 valence electrons. The normalized spacial score (nSPS) is 17.6. The van der Waals surface area contributed by atoms with Crippen LogP contribution in [0, 0.1) is 0 Å². The zero-order chi connectivity index (χ0) is 24.0. The fourth-order valence-corrected chi connectivity index (χ4v) is 4.09. The van der Waals surface area contributed by atoms with Gasteiger partial charge in [0.25, 0.3) is 11.7 Å². The molecule has 0 aromatic heterocycles. The number of likely N-dealkylation sites (tertiary alicyclic amines) is 1. The highest BCUT2D eigenvalue weighted by molar-refractivity contribution is 6.46. The highest BCUT2D eigenvalue weighted by Crippen LogP contribution is 2.40. The topological polar surface area (TPSA) is 79.3 Å². The number of rotatable bonds is 10. The van der Waals surface area contributed by atoms with Gasteiger partial charge in [0.15, 0.2) is 0 Å². The first-order chi connectivity index (χ1) is 15.9. The first-order valence-electron chi connectivity index (χ1n) is 11.3. The van der Waals surface area contributed by atoms with Gasteiger partial charge in [-0.3, -0.25) is 9.59 Å². The number of amides is 1. The third-order valence-electron chi connectivity index (χ3n) is 5.94. The summed E-state index contributed by atoms with van der Waals surface area (Å²) < 4.78 is 10.8. The lowest BCUT2D eigenvalue weighted by Gasteiger charge is -2.28. The zero-order valence-electron chi connectivity index (χ0n) is 19.7. The molecule has 0 radical (unpaired) electrons. The number of carbonyl (C=O) groups excluding carboxylic acids is 2. The molecule has 1 saturated heterocycles. The second-order valence-corrected chi connectivity index (χ2v) is 7.75. The van der Waals surface area contributed by atoms with E-state index in [9.17, 15) is 14.7 Å². The second kappa shape index (κ2) is 11.0. The fraction of sp³-hybridized carbons (Fsp3) is 0.385. The van der Waals surface area contributed by atoms with Crippen LogP contribution >= 0.6 is 0 Å². The minimum atomic E-state index is -0.692. The van der Waals surface area contributed by atoms with Crippen molar-refractivity contribution < 1.29 is 24.2 Å². The Labute approximate surface area is 195 Å². The Morgan fingerprint density at radius 2 is 1.73 bits per heavy atom. The molecule has 1 fully saturated rings. The number of aliphatic hydroxyl groups excluding tert-OH is 1. The first-order valence-corrected chi connectivity index (χ1v) is 11.3. The number of hydrogen-bond donors (Lipinski definition) is 1. The standard InChI is InChI=1S/C26H32N2O5/c1-5-27(6-2)15-16-28-23(18-11-13-20(32-4)14-12-18)22(25(30)26(28)31)24(29)19-9-8-10-21(17-19)33-7-3/h8-14,17,23,29H,5-7,15-16H2,1-4H3. The molecule has 1 amide bonds. The second-order valence-electron chi connectivity index (χ2n) is 7.75. The average molecular weight is 453 g/mol. The van der Waals surface area contributed by atoms with Crippen molar-refractivity contribution in [3.8, 4) is 11.5 Å².